The van der Waals surface area contributed by atoms with Crippen molar-refractivity contribution in [2.24, 2.45) is 5.73 Å². The normalized spacial score (nSPS) is 11.3. The molecular formula is C16H22ClN5O3. The maximum absolute atomic E-state index is 11.9. The van der Waals surface area contributed by atoms with Gasteiger partial charge in [0.25, 0.3) is 0 Å². The van der Waals surface area contributed by atoms with Gasteiger partial charge in [-0.1, -0.05) is 0 Å². The molecule has 9 heteroatoms. The number of ether oxygens (including phenoxy) is 1. The third-order valence-corrected chi connectivity index (χ3v) is 3.38. The summed E-state index contributed by atoms with van der Waals surface area (Å²) >= 11 is 0. The molecule has 1 aromatic heterocycles. The van der Waals surface area contributed by atoms with Gasteiger partial charge >= 0.3 is 0 Å². The summed E-state index contributed by atoms with van der Waals surface area (Å²) in [5.74, 6) is -0.589. The van der Waals surface area contributed by atoms with Crippen LogP contribution in [0.2, 0.25) is 0 Å². The number of methoxy groups -OCH3 is 1. The van der Waals surface area contributed by atoms with Gasteiger partial charge in [-0.3, -0.25) is 9.59 Å². The lowest BCUT2D eigenvalue weighted by Gasteiger charge is -2.12. The molecular weight excluding hydrogens is 346 g/mol. The summed E-state index contributed by atoms with van der Waals surface area (Å²) in [5.41, 5.74) is 6.97. The molecule has 0 aliphatic rings. The van der Waals surface area contributed by atoms with Gasteiger partial charge in [0.15, 0.2) is 0 Å². The summed E-state index contributed by atoms with van der Waals surface area (Å²) in [6, 6.07) is 9.05. The lowest BCUT2D eigenvalue weighted by Crippen LogP contribution is -2.36. The highest BCUT2D eigenvalue weighted by Gasteiger charge is 2.12. The predicted molar refractivity (Wildman–Crippen MR) is 96.9 cm³/mol. The van der Waals surface area contributed by atoms with Crippen molar-refractivity contribution in [2.75, 3.05) is 25.5 Å². The van der Waals surface area contributed by atoms with Crippen LogP contribution in [0.1, 0.15) is 6.42 Å². The van der Waals surface area contributed by atoms with Crippen LogP contribution in [0.25, 0.3) is 5.69 Å². The maximum atomic E-state index is 11.9. The van der Waals surface area contributed by atoms with Crippen LogP contribution in [-0.4, -0.2) is 47.9 Å². The highest BCUT2D eigenvalue weighted by atomic mass is 35.5. The monoisotopic (exact) mass is 367 g/mol. The SMILES string of the molecule is COC(CN)CC(=O)NCC(=O)Nc1ccc(-n2cccn2)cc1.Cl. The van der Waals surface area contributed by atoms with Gasteiger partial charge in [0.05, 0.1) is 24.8 Å². The molecule has 0 saturated carbocycles. The van der Waals surface area contributed by atoms with E-state index in [0.717, 1.165) is 5.69 Å². The number of carbonyl (C=O) groups excluding carboxylic acids is 2. The number of benzene rings is 1. The Morgan fingerprint density at radius 2 is 2.00 bits per heavy atom. The minimum Gasteiger partial charge on any atom is -0.380 e. The quantitative estimate of drug-likeness (QED) is 0.636. The van der Waals surface area contributed by atoms with Gasteiger partial charge in [0.1, 0.15) is 0 Å². The van der Waals surface area contributed by atoms with Gasteiger partial charge in [-0.15, -0.1) is 12.4 Å². The van der Waals surface area contributed by atoms with Crippen LogP contribution in [0.4, 0.5) is 5.69 Å². The molecule has 25 heavy (non-hydrogen) atoms. The van der Waals surface area contributed by atoms with E-state index in [0.29, 0.717) is 5.69 Å². The molecule has 1 heterocycles. The van der Waals surface area contributed by atoms with Crippen LogP contribution in [0.3, 0.4) is 0 Å². The van der Waals surface area contributed by atoms with Crippen molar-refractivity contribution in [1.29, 1.82) is 0 Å². The van der Waals surface area contributed by atoms with Crippen molar-refractivity contribution in [3.63, 3.8) is 0 Å². The zero-order chi connectivity index (χ0) is 17.4. The lowest BCUT2D eigenvalue weighted by molar-refractivity contribution is -0.125. The molecule has 0 spiro atoms. The van der Waals surface area contributed by atoms with Crippen LogP contribution in [0, 0.1) is 0 Å². The number of nitrogens with zero attached hydrogens (tertiary/aromatic N) is 2. The summed E-state index contributed by atoms with van der Waals surface area (Å²) in [4.78, 5) is 23.5. The second-order valence-electron chi connectivity index (χ2n) is 5.12. The number of carbonyl (C=O) groups is 2. The van der Waals surface area contributed by atoms with Crippen molar-refractivity contribution in [1.82, 2.24) is 15.1 Å². The summed E-state index contributed by atoms with van der Waals surface area (Å²) < 4.78 is 6.74. The number of nitrogens with one attached hydrogen (secondary N) is 2. The highest BCUT2D eigenvalue weighted by molar-refractivity contribution is 5.94. The van der Waals surface area contributed by atoms with Gasteiger partial charge in [-0.05, 0) is 30.3 Å². The molecule has 0 fully saturated rings. The van der Waals surface area contributed by atoms with Crippen LogP contribution in [0.5, 0.6) is 0 Å². The molecule has 2 amide bonds. The van der Waals surface area contributed by atoms with Gasteiger partial charge in [-0.25, -0.2) is 4.68 Å². The largest absolute Gasteiger partial charge is 0.380 e. The number of amides is 2. The van der Waals surface area contributed by atoms with Crippen molar-refractivity contribution in [3.05, 3.63) is 42.7 Å². The predicted octanol–water partition coefficient (Wildman–Crippen LogP) is 0.713. The van der Waals surface area contributed by atoms with Gasteiger partial charge in [0, 0.05) is 31.7 Å². The van der Waals surface area contributed by atoms with Crippen molar-refractivity contribution in [3.8, 4) is 5.69 Å². The zero-order valence-corrected chi connectivity index (χ0v) is 14.7. The third-order valence-electron chi connectivity index (χ3n) is 3.38. The summed E-state index contributed by atoms with van der Waals surface area (Å²) in [6.45, 7) is 0.138. The van der Waals surface area contributed by atoms with E-state index >= 15 is 0 Å². The van der Waals surface area contributed by atoms with E-state index < -0.39 is 0 Å². The molecule has 0 bridgehead atoms. The number of anilines is 1. The molecule has 0 saturated heterocycles. The second-order valence-corrected chi connectivity index (χ2v) is 5.12. The lowest BCUT2D eigenvalue weighted by atomic mass is 10.2. The second kappa shape index (κ2) is 10.4. The van der Waals surface area contributed by atoms with Gasteiger partial charge < -0.3 is 21.1 Å². The first-order valence-electron chi connectivity index (χ1n) is 7.52. The molecule has 0 aliphatic heterocycles. The molecule has 2 rings (SSSR count). The van der Waals surface area contributed by atoms with Crippen LogP contribution in [-0.2, 0) is 14.3 Å². The summed E-state index contributed by atoms with van der Waals surface area (Å²) in [7, 11) is 1.49. The number of halogens is 1. The first-order valence-corrected chi connectivity index (χ1v) is 7.52. The first kappa shape index (κ1) is 20.6. The smallest absolute Gasteiger partial charge is 0.243 e. The molecule has 1 unspecified atom stereocenters. The summed E-state index contributed by atoms with van der Waals surface area (Å²) in [6.07, 6.45) is 3.30. The van der Waals surface area contributed by atoms with E-state index in [9.17, 15) is 9.59 Å². The van der Waals surface area contributed by atoms with Crippen molar-refractivity contribution in [2.45, 2.75) is 12.5 Å². The Kier molecular flexibility index (Phi) is 8.62. The zero-order valence-electron chi connectivity index (χ0n) is 13.8. The minimum atomic E-state index is -0.345. The van der Waals surface area contributed by atoms with Crippen molar-refractivity contribution < 1.29 is 14.3 Å². The summed E-state index contributed by atoms with van der Waals surface area (Å²) in [5, 5.41) is 9.37. The fourth-order valence-corrected chi connectivity index (χ4v) is 2.04. The molecule has 8 nitrogen and oxygen atoms in total. The van der Waals surface area contributed by atoms with E-state index in [-0.39, 0.29) is 49.8 Å². The average Bonchev–Trinajstić information content (AvgIpc) is 3.13. The Bertz CT molecular complexity index is 657. The molecule has 2 aromatic rings. The fraction of sp³-hybridized carbons (Fsp3) is 0.312. The van der Waals surface area contributed by atoms with E-state index in [1.165, 1.54) is 7.11 Å². The Morgan fingerprint density at radius 3 is 2.56 bits per heavy atom. The topological polar surface area (TPSA) is 111 Å². The first-order chi connectivity index (χ1) is 11.6. The maximum Gasteiger partial charge on any atom is 0.243 e. The number of nitrogens with two attached hydrogens (primary N) is 1. The number of hydrogen-bond donors (Lipinski definition) is 3. The Labute approximate surface area is 152 Å². The standard InChI is InChI=1S/C16H21N5O3.ClH/c1-24-14(10-17)9-15(22)18-11-16(23)20-12-3-5-13(6-4-12)21-8-2-7-19-21;/h2-8,14H,9-11,17H2,1H3,(H,18,22)(H,20,23);1H. The van der Waals surface area contributed by atoms with E-state index in [2.05, 4.69) is 15.7 Å². The van der Waals surface area contributed by atoms with E-state index in [4.69, 9.17) is 10.5 Å². The van der Waals surface area contributed by atoms with Crippen LogP contribution in [0.15, 0.2) is 42.7 Å². The number of hydrogen-bond acceptors (Lipinski definition) is 5. The molecule has 136 valence electrons. The fourth-order valence-electron chi connectivity index (χ4n) is 2.04. The molecule has 1 aromatic carbocycles. The Morgan fingerprint density at radius 1 is 1.28 bits per heavy atom. The van der Waals surface area contributed by atoms with E-state index in [1.807, 2.05) is 24.4 Å². The Balaban J connectivity index is 0.00000312. The molecule has 0 radical (unpaired) electrons. The molecule has 0 aliphatic carbocycles. The minimum absolute atomic E-state index is 0. The van der Waals surface area contributed by atoms with Crippen LogP contribution >= 0.6 is 12.4 Å². The van der Waals surface area contributed by atoms with Gasteiger partial charge in [0.2, 0.25) is 11.8 Å². The average molecular weight is 368 g/mol. The van der Waals surface area contributed by atoms with Crippen molar-refractivity contribution >= 4 is 29.9 Å². The number of rotatable bonds is 8. The highest BCUT2D eigenvalue weighted by Crippen LogP contribution is 2.12. The molecule has 4 N–H and O–H groups in total. The van der Waals surface area contributed by atoms with Crippen LogP contribution < -0.4 is 16.4 Å². The molecule has 1 atom stereocenters. The number of aromatic nitrogens is 2. The van der Waals surface area contributed by atoms with E-state index in [1.54, 1.807) is 23.0 Å². The Hall–Kier alpha value is -2.42. The third kappa shape index (κ3) is 6.54. The van der Waals surface area contributed by atoms with Gasteiger partial charge in [-0.2, -0.15) is 5.10 Å².